The molecule has 104 valence electrons. The number of hydrogen-bond donors (Lipinski definition) is 3. The van der Waals surface area contributed by atoms with E-state index in [4.69, 9.17) is 9.47 Å². The van der Waals surface area contributed by atoms with Gasteiger partial charge < -0.3 is 24.8 Å². The maximum Gasteiger partial charge on any atom is 0.229 e. The molecule has 0 aliphatic carbocycles. The molecule has 5 nitrogen and oxygen atoms in total. The van der Waals surface area contributed by atoms with Gasteiger partial charge in [0.25, 0.3) is 0 Å². The summed E-state index contributed by atoms with van der Waals surface area (Å²) in [6.45, 7) is 5.26. The molecular weight excluding hydrogens is 248 g/mol. The van der Waals surface area contributed by atoms with E-state index in [-0.39, 0.29) is 0 Å². The molecule has 0 radical (unpaired) electrons. The molecule has 0 aromatic heterocycles. The average Bonchev–Trinajstić information content (AvgIpc) is 2.43. The van der Waals surface area contributed by atoms with Gasteiger partial charge in [0.15, 0.2) is 0 Å². The summed E-state index contributed by atoms with van der Waals surface area (Å²) in [5, 5.41) is 29.1. The Morgan fingerprint density at radius 2 is 1.74 bits per heavy atom. The molecule has 3 N–H and O–H groups in total. The lowest BCUT2D eigenvalue weighted by molar-refractivity contribution is -0.268. The van der Waals surface area contributed by atoms with Crippen molar-refractivity contribution in [1.29, 1.82) is 0 Å². The molecule has 19 heavy (non-hydrogen) atoms. The van der Waals surface area contributed by atoms with Crippen LogP contribution in [0.2, 0.25) is 0 Å². The van der Waals surface area contributed by atoms with E-state index in [2.05, 4.69) is 6.58 Å². The SMILES string of the molecule is C=Cc1ccc(OC2OC(C)C(O)C(O)C2O)cc1. The molecule has 2 rings (SSSR count). The molecule has 1 aromatic rings. The highest BCUT2D eigenvalue weighted by Gasteiger charge is 2.43. The zero-order chi connectivity index (χ0) is 14.0. The lowest BCUT2D eigenvalue weighted by Gasteiger charge is -2.38. The van der Waals surface area contributed by atoms with Gasteiger partial charge in [0.1, 0.15) is 24.1 Å². The molecule has 0 bridgehead atoms. The molecule has 0 amide bonds. The van der Waals surface area contributed by atoms with Gasteiger partial charge in [-0.05, 0) is 24.6 Å². The number of aliphatic hydroxyl groups is 3. The van der Waals surface area contributed by atoms with Crippen LogP contribution in [0.5, 0.6) is 5.75 Å². The Kier molecular flexibility index (Phi) is 4.21. The van der Waals surface area contributed by atoms with Crippen molar-refractivity contribution in [3.05, 3.63) is 36.4 Å². The zero-order valence-electron chi connectivity index (χ0n) is 10.6. The minimum Gasteiger partial charge on any atom is -0.462 e. The standard InChI is InChI=1S/C14H18O5/c1-3-9-4-6-10(7-5-9)19-14-13(17)12(16)11(15)8(2)18-14/h3-8,11-17H,1H2,2H3. The Hall–Kier alpha value is -1.40. The largest absolute Gasteiger partial charge is 0.462 e. The normalized spacial score (nSPS) is 34.8. The number of benzene rings is 1. The van der Waals surface area contributed by atoms with Gasteiger partial charge in [0.2, 0.25) is 6.29 Å². The lowest BCUT2D eigenvalue weighted by atomic mass is 10.00. The number of hydrogen-bond acceptors (Lipinski definition) is 5. The van der Waals surface area contributed by atoms with Gasteiger partial charge in [0, 0.05) is 0 Å². The summed E-state index contributed by atoms with van der Waals surface area (Å²) in [5.74, 6) is 0.505. The maximum atomic E-state index is 9.81. The van der Waals surface area contributed by atoms with Crippen LogP contribution >= 0.6 is 0 Å². The Morgan fingerprint density at radius 3 is 2.32 bits per heavy atom. The minimum atomic E-state index is -1.30. The predicted molar refractivity (Wildman–Crippen MR) is 69.5 cm³/mol. The summed E-state index contributed by atoms with van der Waals surface area (Å²) in [6.07, 6.45) is -3.64. The molecule has 5 unspecified atom stereocenters. The van der Waals surface area contributed by atoms with Gasteiger partial charge >= 0.3 is 0 Å². The van der Waals surface area contributed by atoms with E-state index < -0.39 is 30.7 Å². The molecule has 1 fully saturated rings. The molecule has 0 saturated carbocycles. The molecule has 1 saturated heterocycles. The Labute approximate surface area is 111 Å². The van der Waals surface area contributed by atoms with Crippen molar-refractivity contribution in [2.45, 2.75) is 37.6 Å². The highest BCUT2D eigenvalue weighted by molar-refractivity contribution is 5.48. The van der Waals surface area contributed by atoms with E-state index in [1.165, 1.54) is 0 Å². The van der Waals surface area contributed by atoms with E-state index in [0.29, 0.717) is 5.75 Å². The van der Waals surface area contributed by atoms with Crippen LogP contribution in [0.1, 0.15) is 12.5 Å². The fourth-order valence-electron chi connectivity index (χ4n) is 1.93. The van der Waals surface area contributed by atoms with E-state index in [1.807, 2.05) is 12.1 Å². The van der Waals surface area contributed by atoms with E-state index in [1.54, 1.807) is 25.1 Å². The van der Waals surface area contributed by atoms with Gasteiger partial charge in [-0.1, -0.05) is 24.8 Å². The maximum absolute atomic E-state index is 9.81. The first-order valence-corrected chi connectivity index (χ1v) is 6.11. The molecule has 1 aliphatic rings. The second-order valence-corrected chi connectivity index (χ2v) is 4.57. The summed E-state index contributed by atoms with van der Waals surface area (Å²) < 4.78 is 10.8. The number of aliphatic hydroxyl groups excluding tert-OH is 3. The van der Waals surface area contributed by atoms with Gasteiger partial charge in [0.05, 0.1) is 6.10 Å². The summed E-state index contributed by atoms with van der Waals surface area (Å²) in [5.41, 5.74) is 0.946. The van der Waals surface area contributed by atoms with Crippen LogP contribution in [0, 0.1) is 0 Å². The van der Waals surface area contributed by atoms with Gasteiger partial charge in [-0.25, -0.2) is 0 Å². The van der Waals surface area contributed by atoms with Gasteiger partial charge in [-0.3, -0.25) is 0 Å². The average molecular weight is 266 g/mol. The van der Waals surface area contributed by atoms with Crippen LogP contribution in [-0.2, 0) is 4.74 Å². The van der Waals surface area contributed by atoms with Crippen LogP contribution in [0.4, 0.5) is 0 Å². The molecule has 0 spiro atoms. The number of rotatable bonds is 3. The van der Waals surface area contributed by atoms with Crippen molar-refractivity contribution in [3.63, 3.8) is 0 Å². The Bertz CT molecular complexity index is 430. The van der Waals surface area contributed by atoms with Crippen LogP contribution in [-0.4, -0.2) is 46.0 Å². The van der Waals surface area contributed by atoms with Crippen LogP contribution in [0.15, 0.2) is 30.8 Å². The van der Waals surface area contributed by atoms with Crippen LogP contribution in [0.25, 0.3) is 6.08 Å². The van der Waals surface area contributed by atoms with Crippen molar-refractivity contribution < 1.29 is 24.8 Å². The number of ether oxygens (including phenoxy) is 2. The molecule has 1 aliphatic heterocycles. The van der Waals surface area contributed by atoms with Crippen molar-refractivity contribution in [2.24, 2.45) is 0 Å². The lowest BCUT2D eigenvalue weighted by Crippen LogP contribution is -2.58. The molecular formula is C14H18O5. The summed E-state index contributed by atoms with van der Waals surface area (Å²) >= 11 is 0. The Balaban J connectivity index is 2.07. The van der Waals surface area contributed by atoms with E-state index in [0.717, 1.165) is 5.56 Å². The topological polar surface area (TPSA) is 79.2 Å². The Morgan fingerprint density at radius 1 is 1.11 bits per heavy atom. The van der Waals surface area contributed by atoms with Crippen LogP contribution < -0.4 is 4.74 Å². The molecule has 5 atom stereocenters. The van der Waals surface area contributed by atoms with Crippen molar-refractivity contribution in [2.75, 3.05) is 0 Å². The summed E-state index contributed by atoms with van der Waals surface area (Å²) in [4.78, 5) is 0. The first-order chi connectivity index (χ1) is 9.02. The predicted octanol–water partition coefficient (Wildman–Crippen LogP) is 0.536. The molecule has 1 heterocycles. The van der Waals surface area contributed by atoms with Crippen molar-refractivity contribution in [1.82, 2.24) is 0 Å². The first kappa shape index (κ1) is 14.0. The molecule has 5 heteroatoms. The summed E-state index contributed by atoms with van der Waals surface area (Å²) in [7, 11) is 0. The van der Waals surface area contributed by atoms with Gasteiger partial charge in [-0.15, -0.1) is 0 Å². The fourth-order valence-corrected chi connectivity index (χ4v) is 1.93. The third-order valence-electron chi connectivity index (χ3n) is 3.18. The quantitative estimate of drug-likeness (QED) is 0.744. The van der Waals surface area contributed by atoms with Crippen molar-refractivity contribution in [3.8, 4) is 5.75 Å². The summed E-state index contributed by atoms with van der Waals surface area (Å²) in [6, 6.07) is 7.06. The van der Waals surface area contributed by atoms with E-state index in [9.17, 15) is 15.3 Å². The van der Waals surface area contributed by atoms with Crippen LogP contribution in [0.3, 0.4) is 0 Å². The first-order valence-electron chi connectivity index (χ1n) is 6.11. The third kappa shape index (κ3) is 2.96. The monoisotopic (exact) mass is 266 g/mol. The highest BCUT2D eigenvalue weighted by Crippen LogP contribution is 2.24. The third-order valence-corrected chi connectivity index (χ3v) is 3.18. The van der Waals surface area contributed by atoms with E-state index >= 15 is 0 Å². The second kappa shape index (κ2) is 5.71. The minimum absolute atomic E-state index is 0.505. The zero-order valence-corrected chi connectivity index (χ0v) is 10.6. The molecule has 1 aromatic carbocycles. The second-order valence-electron chi connectivity index (χ2n) is 4.57. The fraction of sp³-hybridized carbons (Fsp3) is 0.429. The van der Waals surface area contributed by atoms with Gasteiger partial charge in [-0.2, -0.15) is 0 Å². The smallest absolute Gasteiger partial charge is 0.229 e. The highest BCUT2D eigenvalue weighted by atomic mass is 16.7. The van der Waals surface area contributed by atoms with Crippen molar-refractivity contribution >= 4 is 6.08 Å².